The Labute approximate surface area is 121 Å². The normalized spacial score (nSPS) is 11.9. The number of aromatic nitrogens is 1. The standard InChI is InChI=1S/C17H26N2O/c1-13(2)18-12-15-6-5-7-17-16(15)8-9-19(17)10-11-20-14(3)4/h5-9,13-14,18H,10-12H2,1-4H3. The van der Waals surface area contributed by atoms with Gasteiger partial charge in [-0.3, -0.25) is 0 Å². The van der Waals surface area contributed by atoms with Gasteiger partial charge in [-0.05, 0) is 31.5 Å². The van der Waals surface area contributed by atoms with Gasteiger partial charge in [-0.1, -0.05) is 26.0 Å². The van der Waals surface area contributed by atoms with E-state index in [4.69, 9.17) is 4.74 Å². The monoisotopic (exact) mass is 274 g/mol. The Kier molecular flexibility index (Phi) is 5.21. The van der Waals surface area contributed by atoms with E-state index in [-0.39, 0.29) is 0 Å². The molecule has 0 unspecified atom stereocenters. The minimum atomic E-state index is 0.294. The number of nitrogens with one attached hydrogen (secondary N) is 1. The summed E-state index contributed by atoms with van der Waals surface area (Å²) in [5.41, 5.74) is 2.65. The average Bonchev–Trinajstić information content (AvgIpc) is 2.80. The van der Waals surface area contributed by atoms with Crippen LogP contribution in [-0.4, -0.2) is 23.3 Å². The molecule has 110 valence electrons. The van der Waals surface area contributed by atoms with Crippen LogP contribution >= 0.6 is 0 Å². The zero-order chi connectivity index (χ0) is 14.5. The zero-order valence-corrected chi connectivity index (χ0v) is 13.0. The van der Waals surface area contributed by atoms with Gasteiger partial charge in [0.25, 0.3) is 0 Å². The molecule has 0 aliphatic heterocycles. The van der Waals surface area contributed by atoms with Crippen molar-refractivity contribution in [2.24, 2.45) is 0 Å². The SMILES string of the molecule is CC(C)NCc1cccc2c1ccn2CCOC(C)C. The van der Waals surface area contributed by atoms with Crippen LogP contribution in [0, 0.1) is 0 Å². The number of hydrogen-bond donors (Lipinski definition) is 1. The predicted octanol–water partition coefficient (Wildman–Crippen LogP) is 3.56. The van der Waals surface area contributed by atoms with Gasteiger partial charge in [0.15, 0.2) is 0 Å². The number of fused-ring (bicyclic) bond motifs is 1. The van der Waals surface area contributed by atoms with E-state index in [0.717, 1.165) is 19.7 Å². The molecule has 0 aliphatic rings. The molecule has 0 radical (unpaired) electrons. The van der Waals surface area contributed by atoms with Gasteiger partial charge >= 0.3 is 0 Å². The number of ether oxygens (including phenoxy) is 1. The van der Waals surface area contributed by atoms with Gasteiger partial charge < -0.3 is 14.6 Å². The summed E-state index contributed by atoms with van der Waals surface area (Å²) in [7, 11) is 0. The highest BCUT2D eigenvalue weighted by molar-refractivity contribution is 5.83. The smallest absolute Gasteiger partial charge is 0.0649 e. The minimum Gasteiger partial charge on any atom is -0.377 e. The van der Waals surface area contributed by atoms with E-state index in [9.17, 15) is 0 Å². The summed E-state index contributed by atoms with van der Waals surface area (Å²) in [5.74, 6) is 0. The Bertz CT molecular complexity index is 543. The topological polar surface area (TPSA) is 26.2 Å². The highest BCUT2D eigenvalue weighted by Gasteiger charge is 2.06. The van der Waals surface area contributed by atoms with E-state index in [2.05, 4.69) is 68.0 Å². The molecule has 3 nitrogen and oxygen atoms in total. The summed E-state index contributed by atoms with van der Waals surface area (Å²) in [6.45, 7) is 11.1. The Morgan fingerprint density at radius 3 is 2.65 bits per heavy atom. The van der Waals surface area contributed by atoms with Gasteiger partial charge in [0.05, 0.1) is 12.7 Å². The summed E-state index contributed by atoms with van der Waals surface area (Å²) in [4.78, 5) is 0. The number of hydrogen-bond acceptors (Lipinski definition) is 2. The van der Waals surface area contributed by atoms with Crippen molar-refractivity contribution in [3.63, 3.8) is 0 Å². The van der Waals surface area contributed by atoms with Crippen molar-refractivity contribution in [1.82, 2.24) is 9.88 Å². The fourth-order valence-corrected chi connectivity index (χ4v) is 2.34. The van der Waals surface area contributed by atoms with Gasteiger partial charge in [0.2, 0.25) is 0 Å². The lowest BCUT2D eigenvalue weighted by molar-refractivity contribution is 0.0733. The summed E-state index contributed by atoms with van der Waals surface area (Å²) in [5, 5.41) is 4.83. The van der Waals surface area contributed by atoms with Crippen LogP contribution in [0.5, 0.6) is 0 Å². The lowest BCUT2D eigenvalue weighted by Gasteiger charge is -2.11. The molecule has 0 spiro atoms. The zero-order valence-electron chi connectivity index (χ0n) is 13.0. The molecule has 0 bridgehead atoms. The molecule has 0 amide bonds. The van der Waals surface area contributed by atoms with Crippen molar-refractivity contribution < 1.29 is 4.74 Å². The first-order valence-electron chi connectivity index (χ1n) is 7.49. The molecule has 0 saturated carbocycles. The van der Waals surface area contributed by atoms with E-state index >= 15 is 0 Å². The third-order valence-electron chi connectivity index (χ3n) is 3.39. The summed E-state index contributed by atoms with van der Waals surface area (Å²) >= 11 is 0. The van der Waals surface area contributed by atoms with Gasteiger partial charge in [-0.25, -0.2) is 0 Å². The average molecular weight is 274 g/mol. The summed E-state index contributed by atoms with van der Waals surface area (Å²) < 4.78 is 7.91. The number of benzene rings is 1. The van der Waals surface area contributed by atoms with Gasteiger partial charge in [0.1, 0.15) is 0 Å². The third kappa shape index (κ3) is 3.84. The molecule has 1 aromatic carbocycles. The van der Waals surface area contributed by atoms with Crippen molar-refractivity contribution in [3.8, 4) is 0 Å². The molecular weight excluding hydrogens is 248 g/mol. The Morgan fingerprint density at radius 2 is 1.95 bits per heavy atom. The molecule has 0 fully saturated rings. The summed E-state index contributed by atoms with van der Waals surface area (Å²) in [6.07, 6.45) is 2.45. The van der Waals surface area contributed by atoms with Crippen molar-refractivity contribution in [1.29, 1.82) is 0 Å². The summed E-state index contributed by atoms with van der Waals surface area (Å²) in [6, 6.07) is 9.24. The Morgan fingerprint density at radius 1 is 1.15 bits per heavy atom. The van der Waals surface area contributed by atoms with E-state index in [1.54, 1.807) is 0 Å². The molecule has 0 aliphatic carbocycles. The van der Waals surface area contributed by atoms with E-state index in [1.165, 1.54) is 16.5 Å². The van der Waals surface area contributed by atoms with Crippen LogP contribution < -0.4 is 5.32 Å². The second-order valence-corrected chi connectivity index (χ2v) is 5.81. The van der Waals surface area contributed by atoms with Crippen molar-refractivity contribution in [3.05, 3.63) is 36.0 Å². The van der Waals surface area contributed by atoms with E-state index in [1.807, 2.05) is 0 Å². The molecule has 0 atom stereocenters. The molecule has 2 aromatic rings. The van der Waals surface area contributed by atoms with Crippen LogP contribution in [0.25, 0.3) is 10.9 Å². The van der Waals surface area contributed by atoms with Crippen molar-refractivity contribution in [2.45, 2.75) is 52.9 Å². The molecule has 3 heteroatoms. The van der Waals surface area contributed by atoms with Gasteiger partial charge in [-0.2, -0.15) is 0 Å². The number of nitrogens with zero attached hydrogens (tertiary/aromatic N) is 1. The molecule has 1 aromatic heterocycles. The molecule has 2 rings (SSSR count). The first-order valence-corrected chi connectivity index (χ1v) is 7.49. The van der Waals surface area contributed by atoms with E-state index in [0.29, 0.717) is 12.1 Å². The Hall–Kier alpha value is -1.32. The Balaban J connectivity index is 2.12. The molecule has 20 heavy (non-hydrogen) atoms. The van der Waals surface area contributed by atoms with Crippen LogP contribution in [-0.2, 0) is 17.8 Å². The first kappa shape index (κ1) is 15.1. The molecular formula is C17H26N2O. The predicted molar refractivity (Wildman–Crippen MR) is 85.0 cm³/mol. The molecule has 0 saturated heterocycles. The van der Waals surface area contributed by atoms with Crippen molar-refractivity contribution >= 4 is 10.9 Å². The maximum Gasteiger partial charge on any atom is 0.0649 e. The van der Waals surface area contributed by atoms with Gasteiger partial charge in [-0.15, -0.1) is 0 Å². The fraction of sp³-hybridized carbons (Fsp3) is 0.529. The van der Waals surface area contributed by atoms with Crippen LogP contribution in [0.2, 0.25) is 0 Å². The quantitative estimate of drug-likeness (QED) is 0.835. The maximum atomic E-state index is 5.64. The molecule has 1 N–H and O–H groups in total. The minimum absolute atomic E-state index is 0.294. The van der Waals surface area contributed by atoms with Crippen LogP contribution in [0.4, 0.5) is 0 Å². The lowest BCUT2D eigenvalue weighted by Crippen LogP contribution is -2.21. The maximum absolute atomic E-state index is 5.64. The van der Waals surface area contributed by atoms with Crippen LogP contribution in [0.15, 0.2) is 30.5 Å². The second kappa shape index (κ2) is 6.91. The first-order chi connectivity index (χ1) is 9.58. The number of rotatable bonds is 7. The largest absolute Gasteiger partial charge is 0.377 e. The van der Waals surface area contributed by atoms with Gasteiger partial charge in [0, 0.05) is 36.2 Å². The van der Waals surface area contributed by atoms with Crippen LogP contribution in [0.3, 0.4) is 0 Å². The molecule has 1 heterocycles. The lowest BCUT2D eigenvalue weighted by atomic mass is 10.1. The third-order valence-corrected chi connectivity index (χ3v) is 3.39. The van der Waals surface area contributed by atoms with Crippen LogP contribution in [0.1, 0.15) is 33.3 Å². The van der Waals surface area contributed by atoms with Crippen molar-refractivity contribution in [2.75, 3.05) is 6.61 Å². The fourth-order valence-electron chi connectivity index (χ4n) is 2.34. The highest BCUT2D eigenvalue weighted by atomic mass is 16.5. The van der Waals surface area contributed by atoms with E-state index < -0.39 is 0 Å². The second-order valence-electron chi connectivity index (χ2n) is 5.81. The highest BCUT2D eigenvalue weighted by Crippen LogP contribution is 2.20.